The zero-order valence-corrected chi connectivity index (χ0v) is 19.7. The molecule has 0 radical (unpaired) electrons. The van der Waals surface area contributed by atoms with Crippen molar-refractivity contribution in [2.24, 2.45) is 0 Å². The zero-order valence-electron chi connectivity index (χ0n) is 19.7. The van der Waals surface area contributed by atoms with Crippen molar-refractivity contribution < 1.29 is 19.0 Å². The number of anilines is 1. The molecule has 0 aliphatic heterocycles. The summed E-state index contributed by atoms with van der Waals surface area (Å²) >= 11 is 0. The summed E-state index contributed by atoms with van der Waals surface area (Å²) in [5, 5.41) is 2.96. The number of nitrogens with one attached hydrogen (secondary N) is 1. The van der Waals surface area contributed by atoms with Gasteiger partial charge in [-0.3, -0.25) is 0 Å². The molecule has 0 aliphatic rings. The van der Waals surface area contributed by atoms with Crippen molar-refractivity contribution in [3.63, 3.8) is 0 Å². The minimum atomic E-state index is -0.193. The predicted molar refractivity (Wildman–Crippen MR) is 125 cm³/mol. The van der Waals surface area contributed by atoms with Crippen molar-refractivity contribution in [1.82, 2.24) is 4.90 Å². The fourth-order valence-corrected chi connectivity index (χ4v) is 3.47. The van der Waals surface area contributed by atoms with Crippen LogP contribution in [-0.4, -0.2) is 37.3 Å². The highest BCUT2D eigenvalue weighted by Gasteiger charge is 2.19. The Morgan fingerprint density at radius 2 is 1.65 bits per heavy atom. The average Bonchev–Trinajstić information content (AvgIpc) is 2.74. The van der Waals surface area contributed by atoms with E-state index in [0.29, 0.717) is 30.3 Å². The van der Waals surface area contributed by atoms with Crippen molar-refractivity contribution in [2.45, 2.75) is 59.1 Å². The Morgan fingerprint density at radius 3 is 2.23 bits per heavy atom. The minimum absolute atomic E-state index is 0.172. The monoisotopic (exact) mass is 428 g/mol. The maximum absolute atomic E-state index is 13.0. The van der Waals surface area contributed by atoms with Gasteiger partial charge < -0.3 is 24.4 Å². The molecule has 6 nitrogen and oxygen atoms in total. The van der Waals surface area contributed by atoms with Gasteiger partial charge in [0.1, 0.15) is 22.8 Å². The summed E-state index contributed by atoms with van der Waals surface area (Å²) in [5.41, 5.74) is 1.46. The number of urea groups is 1. The van der Waals surface area contributed by atoms with Gasteiger partial charge in [0.05, 0.1) is 19.9 Å². The highest BCUT2D eigenvalue weighted by atomic mass is 16.5. The Hall–Kier alpha value is -2.89. The molecule has 31 heavy (non-hydrogen) atoms. The summed E-state index contributed by atoms with van der Waals surface area (Å²) in [7, 11) is 3.16. The van der Waals surface area contributed by atoms with Crippen molar-refractivity contribution in [3.8, 4) is 17.2 Å². The number of rotatable bonds is 11. The lowest BCUT2D eigenvalue weighted by Gasteiger charge is -2.26. The number of amides is 2. The number of carbonyl (C=O) groups is 1. The van der Waals surface area contributed by atoms with E-state index >= 15 is 0 Å². The second-order valence-electron chi connectivity index (χ2n) is 8.17. The van der Waals surface area contributed by atoms with Crippen LogP contribution in [0.5, 0.6) is 17.2 Å². The van der Waals surface area contributed by atoms with E-state index < -0.39 is 0 Å². The zero-order chi connectivity index (χ0) is 22.9. The normalized spacial score (nSPS) is 11.0. The van der Waals surface area contributed by atoms with Crippen LogP contribution in [-0.2, 0) is 6.54 Å². The van der Waals surface area contributed by atoms with Crippen LogP contribution in [0.1, 0.15) is 52.5 Å². The van der Waals surface area contributed by atoms with Crippen LogP contribution in [0, 0.1) is 0 Å². The second-order valence-corrected chi connectivity index (χ2v) is 8.17. The quantitative estimate of drug-likeness (QED) is 0.469. The number of hydrogen-bond acceptors (Lipinski definition) is 4. The third kappa shape index (κ3) is 7.39. The Balaban J connectivity index is 2.08. The predicted octanol–water partition coefficient (Wildman–Crippen LogP) is 6.11. The number of benzene rings is 2. The smallest absolute Gasteiger partial charge is 0.322 e. The molecule has 0 bridgehead atoms. The molecule has 0 aliphatic carbocycles. The number of methoxy groups -OCH3 is 2. The summed E-state index contributed by atoms with van der Waals surface area (Å²) < 4.78 is 16.7. The lowest BCUT2D eigenvalue weighted by Crippen LogP contribution is -2.35. The van der Waals surface area contributed by atoms with Crippen LogP contribution in [0.15, 0.2) is 42.5 Å². The molecule has 0 fully saturated rings. The number of nitrogens with zero attached hydrogens (tertiary/aromatic N) is 1. The fourth-order valence-electron chi connectivity index (χ4n) is 3.47. The molecule has 0 saturated carbocycles. The molecule has 2 aromatic rings. The van der Waals surface area contributed by atoms with Gasteiger partial charge in [0.15, 0.2) is 0 Å². The van der Waals surface area contributed by atoms with Gasteiger partial charge in [0.2, 0.25) is 0 Å². The molecule has 0 unspecified atom stereocenters. The first-order valence-electron chi connectivity index (χ1n) is 10.9. The van der Waals surface area contributed by atoms with E-state index in [0.717, 1.165) is 30.6 Å². The van der Waals surface area contributed by atoms with Gasteiger partial charge in [-0.05, 0) is 56.5 Å². The fraction of sp³-hybridized carbons (Fsp3) is 0.480. The summed E-state index contributed by atoms with van der Waals surface area (Å²) in [4.78, 5) is 14.8. The van der Waals surface area contributed by atoms with Crippen molar-refractivity contribution >= 4 is 11.7 Å². The number of carbonyl (C=O) groups excluding carboxylic acids is 1. The van der Waals surface area contributed by atoms with Gasteiger partial charge in [0, 0.05) is 19.2 Å². The number of hydrogen-bond donors (Lipinski definition) is 1. The standard InChI is InChI=1S/C25H36N2O4/c1-7-15-25(3,4)31-20-11-9-19(10-12-20)18-27(16-8-2)24(28)26-22-14-13-21(29-5)17-23(22)30-6/h9-14,17H,7-8,15-16,18H2,1-6H3,(H,26,28). The van der Waals surface area contributed by atoms with Crippen LogP contribution in [0.25, 0.3) is 0 Å². The van der Waals surface area contributed by atoms with Crippen LogP contribution in [0.3, 0.4) is 0 Å². The first-order valence-corrected chi connectivity index (χ1v) is 10.9. The van der Waals surface area contributed by atoms with Crippen LogP contribution in [0.2, 0.25) is 0 Å². The molecule has 2 rings (SSSR count). The summed E-state index contributed by atoms with van der Waals surface area (Å²) in [6, 6.07) is 13.1. The summed E-state index contributed by atoms with van der Waals surface area (Å²) in [6.07, 6.45) is 2.93. The second kappa shape index (κ2) is 11.5. The van der Waals surface area contributed by atoms with E-state index in [4.69, 9.17) is 14.2 Å². The maximum atomic E-state index is 13.0. The highest BCUT2D eigenvalue weighted by molar-refractivity contribution is 5.91. The Morgan fingerprint density at radius 1 is 0.968 bits per heavy atom. The van der Waals surface area contributed by atoms with E-state index in [1.165, 1.54) is 0 Å². The van der Waals surface area contributed by atoms with Gasteiger partial charge in [-0.2, -0.15) is 0 Å². The first-order chi connectivity index (χ1) is 14.8. The Kier molecular flexibility index (Phi) is 9.03. The maximum Gasteiger partial charge on any atom is 0.322 e. The minimum Gasteiger partial charge on any atom is -0.497 e. The first kappa shape index (κ1) is 24.4. The molecule has 0 aromatic heterocycles. The molecule has 1 N–H and O–H groups in total. The Labute approximate surface area is 186 Å². The van der Waals surface area contributed by atoms with Crippen molar-refractivity contribution in [1.29, 1.82) is 0 Å². The third-order valence-electron chi connectivity index (χ3n) is 4.97. The van der Waals surface area contributed by atoms with Crippen LogP contribution in [0.4, 0.5) is 10.5 Å². The molecule has 0 spiro atoms. The lowest BCUT2D eigenvalue weighted by atomic mass is 10.0. The molecule has 2 aromatic carbocycles. The molecular weight excluding hydrogens is 392 g/mol. The molecule has 0 atom stereocenters. The van der Waals surface area contributed by atoms with Crippen LogP contribution < -0.4 is 19.5 Å². The van der Waals surface area contributed by atoms with E-state index in [1.807, 2.05) is 24.3 Å². The topological polar surface area (TPSA) is 60.0 Å². The SMILES string of the molecule is CCCN(Cc1ccc(OC(C)(C)CCC)cc1)C(=O)Nc1ccc(OC)cc1OC. The van der Waals surface area contributed by atoms with E-state index in [9.17, 15) is 4.79 Å². The third-order valence-corrected chi connectivity index (χ3v) is 4.97. The molecule has 170 valence electrons. The van der Waals surface area contributed by atoms with Crippen LogP contribution >= 0.6 is 0 Å². The largest absolute Gasteiger partial charge is 0.497 e. The highest BCUT2D eigenvalue weighted by Crippen LogP contribution is 2.29. The van der Waals surface area contributed by atoms with Gasteiger partial charge in [-0.15, -0.1) is 0 Å². The Bertz CT molecular complexity index is 834. The van der Waals surface area contributed by atoms with Gasteiger partial charge in [0.25, 0.3) is 0 Å². The van der Waals surface area contributed by atoms with E-state index in [2.05, 4.69) is 33.0 Å². The van der Waals surface area contributed by atoms with Crippen molar-refractivity contribution in [3.05, 3.63) is 48.0 Å². The summed E-state index contributed by atoms with van der Waals surface area (Å²) in [6.45, 7) is 9.57. The molecule has 2 amide bonds. The molecule has 0 heterocycles. The molecule has 6 heteroatoms. The lowest BCUT2D eigenvalue weighted by molar-refractivity contribution is 0.0985. The van der Waals surface area contributed by atoms with E-state index in [-0.39, 0.29) is 11.6 Å². The molecular formula is C25H36N2O4. The average molecular weight is 429 g/mol. The van der Waals surface area contributed by atoms with Gasteiger partial charge in [-0.25, -0.2) is 4.79 Å². The van der Waals surface area contributed by atoms with Gasteiger partial charge in [-0.1, -0.05) is 32.4 Å². The van der Waals surface area contributed by atoms with E-state index in [1.54, 1.807) is 37.3 Å². The molecule has 0 saturated heterocycles. The number of ether oxygens (including phenoxy) is 3. The van der Waals surface area contributed by atoms with Gasteiger partial charge >= 0.3 is 6.03 Å². The van der Waals surface area contributed by atoms with Crippen molar-refractivity contribution in [2.75, 3.05) is 26.1 Å². The summed E-state index contributed by atoms with van der Waals surface area (Å²) in [5.74, 6) is 2.07.